The Morgan fingerprint density at radius 1 is 1.28 bits per heavy atom. The van der Waals surface area contributed by atoms with E-state index in [9.17, 15) is 5.11 Å². The number of aromatic hydroxyl groups is 1. The van der Waals surface area contributed by atoms with Crippen molar-refractivity contribution >= 4 is 0 Å². The Labute approximate surface area is 149 Å². The van der Waals surface area contributed by atoms with Crippen molar-refractivity contribution in [3.05, 3.63) is 23.3 Å². The summed E-state index contributed by atoms with van der Waals surface area (Å²) in [7, 11) is 2.07. The highest BCUT2D eigenvalue weighted by Gasteiger charge is 2.65. The maximum atomic E-state index is 10.5. The largest absolute Gasteiger partial charge is 0.504 e. The van der Waals surface area contributed by atoms with Crippen LogP contribution in [0.25, 0.3) is 0 Å². The molecule has 2 bridgehead atoms. The van der Waals surface area contributed by atoms with Gasteiger partial charge >= 0.3 is 0 Å². The predicted octanol–water partition coefficient (Wildman–Crippen LogP) is 2.43. The predicted molar refractivity (Wildman–Crippen MR) is 96.2 cm³/mol. The van der Waals surface area contributed by atoms with Gasteiger partial charge in [-0.05, 0) is 75.6 Å². The first-order valence-corrected chi connectivity index (χ1v) is 10.2. The lowest BCUT2D eigenvalue weighted by atomic mass is 9.51. The molecule has 4 nitrogen and oxygen atoms in total. The van der Waals surface area contributed by atoms with Gasteiger partial charge in [0.05, 0.1) is 0 Å². The molecule has 1 spiro atoms. The van der Waals surface area contributed by atoms with Crippen LogP contribution < -0.4 is 10.1 Å². The number of benzene rings is 1. The Kier molecular flexibility index (Phi) is 2.92. The molecule has 1 aromatic rings. The van der Waals surface area contributed by atoms with E-state index in [4.69, 9.17) is 4.74 Å². The molecule has 5 aliphatic rings. The minimum Gasteiger partial charge on any atom is -0.504 e. The summed E-state index contributed by atoms with van der Waals surface area (Å²) in [5.41, 5.74) is 2.94. The number of piperidine rings is 1. The summed E-state index contributed by atoms with van der Waals surface area (Å²) < 4.78 is 6.51. The molecule has 2 saturated carbocycles. The fourth-order valence-corrected chi connectivity index (χ4v) is 6.78. The Bertz CT molecular complexity index is 731. The van der Waals surface area contributed by atoms with Gasteiger partial charge in [0.25, 0.3) is 0 Å². The molecular formula is C21H28N2O2. The van der Waals surface area contributed by atoms with Crippen molar-refractivity contribution in [2.24, 2.45) is 11.8 Å². The van der Waals surface area contributed by atoms with Gasteiger partial charge in [-0.3, -0.25) is 4.90 Å². The van der Waals surface area contributed by atoms with Crippen molar-refractivity contribution in [3.8, 4) is 11.5 Å². The van der Waals surface area contributed by atoms with E-state index in [2.05, 4.69) is 23.3 Å². The number of phenols is 1. The van der Waals surface area contributed by atoms with Crippen molar-refractivity contribution in [3.63, 3.8) is 0 Å². The van der Waals surface area contributed by atoms with Crippen molar-refractivity contribution in [2.45, 2.75) is 62.1 Å². The molecule has 1 saturated heterocycles. The van der Waals surface area contributed by atoms with Gasteiger partial charge in [0, 0.05) is 29.6 Å². The molecule has 6 rings (SSSR count). The number of likely N-dealkylation sites (N-methyl/N-ethyl adjacent to an activating group) is 1. The van der Waals surface area contributed by atoms with E-state index in [0.717, 1.165) is 18.1 Å². The van der Waals surface area contributed by atoms with Crippen LogP contribution in [0, 0.1) is 11.8 Å². The number of phenolic OH excluding ortho intramolecular Hbond substituents is 1. The quantitative estimate of drug-likeness (QED) is 0.887. The van der Waals surface area contributed by atoms with E-state index in [1.54, 1.807) is 0 Å². The van der Waals surface area contributed by atoms with Crippen molar-refractivity contribution in [2.75, 3.05) is 20.1 Å². The molecule has 1 aromatic carbocycles. The van der Waals surface area contributed by atoms with E-state index in [0.29, 0.717) is 23.8 Å². The standard InChI is InChI=1S/C21H28N2O2/c1-22-15-6-5-14-16-10-13-4-7-17(24)19-18(13)21(14,20(15)25-19)8-9-23(16)11-12-2-3-12/h4,7,12,14-16,20,22,24H,2-3,5-6,8-11H2,1H3/t14-,15+,16-,20-,21-/m0/s1. The monoisotopic (exact) mass is 340 g/mol. The van der Waals surface area contributed by atoms with Crippen LogP contribution in [0.2, 0.25) is 0 Å². The average Bonchev–Trinajstić information content (AvgIpc) is 3.37. The SMILES string of the molecule is CN[C@@H]1CC[C@H]2[C@@H]3Cc4ccc(O)c5c4[C@@]2(CCN3CC2CC2)[C@H]1O5. The fraction of sp³-hybridized carbons (Fsp3) is 0.714. The molecule has 0 amide bonds. The number of ether oxygens (including phenoxy) is 1. The number of hydrogen-bond donors (Lipinski definition) is 2. The van der Waals surface area contributed by atoms with Crippen molar-refractivity contribution in [1.29, 1.82) is 0 Å². The van der Waals surface area contributed by atoms with Gasteiger partial charge in [0.2, 0.25) is 0 Å². The number of hydrogen-bond acceptors (Lipinski definition) is 4. The first-order valence-electron chi connectivity index (χ1n) is 10.2. The molecule has 3 aliphatic carbocycles. The lowest BCUT2D eigenvalue weighted by molar-refractivity contribution is -0.0650. The summed E-state index contributed by atoms with van der Waals surface area (Å²) in [5, 5.41) is 14.0. The van der Waals surface area contributed by atoms with E-state index in [-0.39, 0.29) is 11.5 Å². The molecule has 2 aliphatic heterocycles. The topological polar surface area (TPSA) is 44.7 Å². The zero-order chi connectivity index (χ0) is 16.8. The Morgan fingerprint density at radius 3 is 2.96 bits per heavy atom. The smallest absolute Gasteiger partial charge is 0.165 e. The highest BCUT2D eigenvalue weighted by Crippen LogP contribution is 2.63. The number of likely N-dealkylation sites (tertiary alicyclic amines) is 1. The molecule has 0 unspecified atom stereocenters. The van der Waals surface area contributed by atoms with Crippen LogP contribution in [0.1, 0.15) is 43.2 Å². The number of rotatable bonds is 3. The van der Waals surface area contributed by atoms with Gasteiger partial charge in [0.15, 0.2) is 11.5 Å². The first kappa shape index (κ1) is 14.9. The molecule has 0 radical (unpaired) electrons. The Balaban J connectivity index is 1.51. The normalized spacial score (nSPS) is 41.3. The second kappa shape index (κ2) is 4.92. The van der Waals surface area contributed by atoms with Gasteiger partial charge in [-0.25, -0.2) is 0 Å². The Morgan fingerprint density at radius 2 is 2.16 bits per heavy atom. The molecule has 4 heteroatoms. The summed E-state index contributed by atoms with van der Waals surface area (Å²) in [6.07, 6.45) is 7.85. The second-order valence-electron chi connectivity index (χ2n) is 9.07. The molecule has 134 valence electrons. The van der Waals surface area contributed by atoms with E-state index >= 15 is 0 Å². The third-order valence-electron chi connectivity index (χ3n) is 7.99. The van der Waals surface area contributed by atoms with E-state index in [1.807, 2.05) is 6.07 Å². The maximum Gasteiger partial charge on any atom is 0.165 e. The number of nitrogens with zero attached hydrogens (tertiary/aromatic N) is 1. The summed E-state index contributed by atoms with van der Waals surface area (Å²) >= 11 is 0. The lowest BCUT2D eigenvalue weighted by Crippen LogP contribution is -2.68. The van der Waals surface area contributed by atoms with Crippen LogP contribution >= 0.6 is 0 Å². The summed E-state index contributed by atoms with van der Waals surface area (Å²) in [4.78, 5) is 2.82. The molecular weight excluding hydrogens is 312 g/mol. The van der Waals surface area contributed by atoms with Crippen LogP contribution in [-0.4, -0.2) is 48.3 Å². The highest BCUT2D eigenvalue weighted by molar-refractivity contribution is 5.60. The minimum absolute atomic E-state index is 0.123. The van der Waals surface area contributed by atoms with E-state index < -0.39 is 0 Å². The molecule has 25 heavy (non-hydrogen) atoms. The number of nitrogens with one attached hydrogen (secondary N) is 1. The summed E-state index contributed by atoms with van der Waals surface area (Å²) in [6.45, 7) is 2.50. The van der Waals surface area contributed by atoms with Crippen LogP contribution in [0.5, 0.6) is 11.5 Å². The van der Waals surface area contributed by atoms with Crippen molar-refractivity contribution < 1.29 is 9.84 Å². The fourth-order valence-electron chi connectivity index (χ4n) is 6.78. The van der Waals surface area contributed by atoms with Crippen LogP contribution in [0.4, 0.5) is 0 Å². The van der Waals surface area contributed by atoms with Gasteiger partial charge < -0.3 is 15.2 Å². The average molecular weight is 340 g/mol. The zero-order valence-corrected chi connectivity index (χ0v) is 15.0. The van der Waals surface area contributed by atoms with Gasteiger partial charge in [-0.1, -0.05) is 6.07 Å². The highest BCUT2D eigenvalue weighted by atomic mass is 16.5. The molecule has 2 heterocycles. The Hall–Kier alpha value is -1.26. The molecule has 5 atom stereocenters. The second-order valence-corrected chi connectivity index (χ2v) is 9.07. The zero-order valence-electron chi connectivity index (χ0n) is 15.0. The third kappa shape index (κ3) is 1.80. The molecule has 3 fully saturated rings. The lowest BCUT2D eigenvalue weighted by Gasteiger charge is -2.59. The maximum absolute atomic E-state index is 10.5. The molecule has 2 N–H and O–H groups in total. The summed E-state index contributed by atoms with van der Waals surface area (Å²) in [5.74, 6) is 2.79. The first-order chi connectivity index (χ1) is 12.2. The van der Waals surface area contributed by atoms with Crippen LogP contribution in [0.15, 0.2) is 12.1 Å². The third-order valence-corrected chi connectivity index (χ3v) is 7.99. The van der Waals surface area contributed by atoms with Crippen LogP contribution in [-0.2, 0) is 11.8 Å². The van der Waals surface area contributed by atoms with Gasteiger partial charge in [-0.2, -0.15) is 0 Å². The van der Waals surface area contributed by atoms with Crippen molar-refractivity contribution in [1.82, 2.24) is 10.2 Å². The van der Waals surface area contributed by atoms with E-state index in [1.165, 1.54) is 56.3 Å². The summed E-state index contributed by atoms with van der Waals surface area (Å²) in [6, 6.07) is 5.10. The van der Waals surface area contributed by atoms with Crippen LogP contribution in [0.3, 0.4) is 0 Å². The minimum atomic E-state index is 0.123. The van der Waals surface area contributed by atoms with Gasteiger partial charge in [-0.15, -0.1) is 0 Å². The van der Waals surface area contributed by atoms with Gasteiger partial charge in [0.1, 0.15) is 6.10 Å². The molecule has 0 aromatic heterocycles.